The molecular weight excluding hydrogens is 324 g/mol. The second-order valence-corrected chi connectivity index (χ2v) is 13.6. The molecule has 0 saturated heterocycles. The van der Waals surface area contributed by atoms with Crippen molar-refractivity contribution in [2.45, 2.75) is 119 Å². The van der Waals surface area contributed by atoms with Crippen molar-refractivity contribution in [3.05, 3.63) is 0 Å². The minimum absolute atomic E-state index is 0.571. The Bertz CT molecular complexity index is 618. The summed E-state index contributed by atoms with van der Waals surface area (Å²) in [5.74, 6) is 4.00. The van der Waals surface area contributed by atoms with Gasteiger partial charge in [0.1, 0.15) is 0 Å². The highest BCUT2D eigenvalue weighted by Gasteiger charge is 2.69. The fourth-order valence-electron chi connectivity index (χ4n) is 11.2. The molecule has 5 saturated carbocycles. The fourth-order valence-corrected chi connectivity index (χ4v) is 11.2. The van der Waals surface area contributed by atoms with E-state index in [-0.39, 0.29) is 0 Å². The first kappa shape index (κ1) is 19.0. The van der Waals surface area contributed by atoms with E-state index >= 15 is 0 Å². The summed E-state index contributed by atoms with van der Waals surface area (Å²) in [5, 5.41) is 0. The van der Waals surface area contributed by atoms with Crippen LogP contribution in [0.1, 0.15) is 119 Å². The van der Waals surface area contributed by atoms with Gasteiger partial charge in [-0.15, -0.1) is 0 Å². The molecule has 5 fully saturated rings. The van der Waals surface area contributed by atoms with E-state index in [4.69, 9.17) is 0 Å². The Labute approximate surface area is 169 Å². The van der Waals surface area contributed by atoms with Gasteiger partial charge in [-0.2, -0.15) is 0 Å². The summed E-state index contributed by atoms with van der Waals surface area (Å²) in [5.41, 5.74) is 3.04. The average molecular weight is 371 g/mol. The quantitative estimate of drug-likeness (QED) is 0.402. The van der Waals surface area contributed by atoms with E-state index in [9.17, 15) is 0 Å². The van der Waals surface area contributed by atoms with E-state index in [0.29, 0.717) is 27.1 Å². The predicted molar refractivity (Wildman–Crippen MR) is 116 cm³/mol. The lowest BCUT2D eigenvalue weighted by molar-refractivity contribution is -0.239. The van der Waals surface area contributed by atoms with Crippen molar-refractivity contribution in [3.8, 4) is 0 Å². The van der Waals surface area contributed by atoms with Gasteiger partial charge in [0.25, 0.3) is 0 Å². The van der Waals surface area contributed by atoms with E-state index in [1.165, 1.54) is 64.2 Å². The van der Waals surface area contributed by atoms with Gasteiger partial charge in [-0.25, -0.2) is 0 Å². The summed E-state index contributed by atoms with van der Waals surface area (Å²) >= 11 is 0. The Balaban J connectivity index is 1.56. The lowest BCUT2D eigenvalue weighted by Crippen LogP contribution is -2.65. The first-order valence-electron chi connectivity index (χ1n) is 12.6. The zero-order valence-electron chi connectivity index (χ0n) is 19.3. The lowest BCUT2D eigenvalue weighted by atomic mass is 9.32. The van der Waals surface area contributed by atoms with Gasteiger partial charge in [0.05, 0.1) is 0 Å². The van der Waals surface area contributed by atoms with Gasteiger partial charge in [0, 0.05) is 0 Å². The van der Waals surface area contributed by atoms with Crippen LogP contribution in [-0.4, -0.2) is 0 Å². The van der Waals surface area contributed by atoms with Crippen LogP contribution in [0.5, 0.6) is 0 Å². The maximum atomic E-state index is 2.80. The van der Waals surface area contributed by atoms with Crippen LogP contribution < -0.4 is 0 Å². The maximum absolute atomic E-state index is 2.80. The molecule has 0 aromatic carbocycles. The summed E-state index contributed by atoms with van der Waals surface area (Å²) in [6.07, 6.45) is 18.3. The van der Waals surface area contributed by atoms with Gasteiger partial charge in [0.2, 0.25) is 0 Å². The molecule has 5 aliphatic carbocycles. The molecule has 0 aromatic heterocycles. The summed E-state index contributed by atoms with van der Waals surface area (Å²) < 4.78 is 0. The number of hydrogen-bond donors (Lipinski definition) is 0. The predicted octanol–water partition coefficient (Wildman–Crippen LogP) is 8.25. The van der Waals surface area contributed by atoms with Gasteiger partial charge in [-0.05, 0) is 115 Å². The van der Waals surface area contributed by atoms with Crippen molar-refractivity contribution in [2.24, 2.45) is 50.7 Å². The molecule has 8 atom stereocenters. The Kier molecular flexibility index (Phi) is 3.92. The zero-order chi connectivity index (χ0) is 19.3. The van der Waals surface area contributed by atoms with Crippen molar-refractivity contribution >= 4 is 0 Å². The van der Waals surface area contributed by atoms with Crippen LogP contribution in [0.15, 0.2) is 0 Å². The Morgan fingerprint density at radius 1 is 0.481 bits per heavy atom. The first-order valence-corrected chi connectivity index (χ1v) is 12.6. The molecule has 0 aromatic rings. The van der Waals surface area contributed by atoms with Gasteiger partial charge < -0.3 is 0 Å². The molecule has 5 rings (SSSR count). The van der Waals surface area contributed by atoms with Gasteiger partial charge in [-0.1, -0.05) is 54.4 Å². The van der Waals surface area contributed by atoms with Gasteiger partial charge in [0.15, 0.2) is 0 Å². The molecule has 154 valence electrons. The van der Waals surface area contributed by atoms with Gasteiger partial charge >= 0.3 is 0 Å². The summed E-state index contributed by atoms with van der Waals surface area (Å²) in [6, 6.07) is 0. The normalized spacial score (nSPS) is 59.3. The molecule has 0 amide bonds. The Morgan fingerprint density at radius 2 is 1.07 bits per heavy atom. The molecule has 0 heteroatoms. The van der Waals surface area contributed by atoms with Crippen molar-refractivity contribution < 1.29 is 0 Å². The Hall–Kier alpha value is 0. The van der Waals surface area contributed by atoms with Crippen LogP contribution in [0.3, 0.4) is 0 Å². The van der Waals surface area contributed by atoms with Crippen LogP contribution in [0.4, 0.5) is 0 Å². The number of hydrogen-bond acceptors (Lipinski definition) is 0. The summed E-state index contributed by atoms with van der Waals surface area (Å²) in [4.78, 5) is 0. The lowest BCUT2D eigenvalue weighted by Gasteiger charge is -2.73. The minimum Gasteiger partial charge on any atom is -0.0596 e. The second-order valence-electron chi connectivity index (χ2n) is 13.6. The molecular formula is C27H46. The van der Waals surface area contributed by atoms with E-state index in [0.717, 1.165) is 23.7 Å². The molecule has 0 heterocycles. The largest absolute Gasteiger partial charge is 0.0596 e. The zero-order valence-corrected chi connectivity index (χ0v) is 19.3. The summed E-state index contributed by atoms with van der Waals surface area (Å²) in [6.45, 7) is 16.3. The topological polar surface area (TPSA) is 0 Å². The SMILES string of the molecule is CC1(C)CCC[C@]2(C)[C@@H]1CC[C@@]1(C)[C@H]2CC[C@H]2[C@]3(C)CCC[C@@H]3CC[C@]21C. The van der Waals surface area contributed by atoms with Crippen molar-refractivity contribution in [3.63, 3.8) is 0 Å². The monoisotopic (exact) mass is 370 g/mol. The fraction of sp³-hybridized carbons (Fsp3) is 1.00. The van der Waals surface area contributed by atoms with Crippen LogP contribution in [0.2, 0.25) is 0 Å². The highest BCUT2D eigenvalue weighted by Crippen LogP contribution is 2.77. The van der Waals surface area contributed by atoms with E-state index in [1.54, 1.807) is 12.8 Å². The smallest absolute Gasteiger partial charge is 0.0235 e. The molecule has 0 spiro atoms. The summed E-state index contributed by atoms with van der Waals surface area (Å²) in [7, 11) is 0. The van der Waals surface area contributed by atoms with E-state index < -0.39 is 0 Å². The highest BCUT2D eigenvalue weighted by atomic mass is 14.7. The third-order valence-electron chi connectivity index (χ3n) is 12.6. The molecule has 0 aliphatic heterocycles. The molecule has 0 N–H and O–H groups in total. The van der Waals surface area contributed by atoms with Crippen LogP contribution in [-0.2, 0) is 0 Å². The third-order valence-corrected chi connectivity index (χ3v) is 12.6. The van der Waals surface area contributed by atoms with Crippen LogP contribution in [0.25, 0.3) is 0 Å². The molecule has 0 bridgehead atoms. The van der Waals surface area contributed by atoms with Gasteiger partial charge in [-0.3, -0.25) is 0 Å². The van der Waals surface area contributed by atoms with Crippen molar-refractivity contribution in [2.75, 3.05) is 0 Å². The first-order chi connectivity index (χ1) is 12.6. The van der Waals surface area contributed by atoms with E-state index in [1.807, 2.05) is 0 Å². The second kappa shape index (κ2) is 5.57. The third kappa shape index (κ3) is 2.17. The molecule has 0 radical (unpaired) electrons. The molecule has 0 nitrogen and oxygen atoms in total. The number of fused-ring (bicyclic) bond motifs is 7. The maximum Gasteiger partial charge on any atom is -0.0235 e. The van der Waals surface area contributed by atoms with Crippen LogP contribution in [0, 0.1) is 50.7 Å². The van der Waals surface area contributed by atoms with Crippen molar-refractivity contribution in [1.82, 2.24) is 0 Å². The highest BCUT2D eigenvalue weighted by molar-refractivity contribution is 5.18. The van der Waals surface area contributed by atoms with E-state index in [2.05, 4.69) is 41.5 Å². The Morgan fingerprint density at radius 3 is 1.78 bits per heavy atom. The molecule has 27 heavy (non-hydrogen) atoms. The molecule has 0 unspecified atom stereocenters. The number of rotatable bonds is 0. The standard InChI is InChI=1S/C27H46/c1-23(2)14-8-16-25(4)20(23)13-18-27(6)22(25)11-10-21-24(3)15-7-9-19(24)12-17-26(21,27)5/h19-22H,7-18H2,1-6H3/t19-,20-,21+,22+,24-,25-,26-,27+/m1/s1. The minimum atomic E-state index is 0.571. The molecule has 5 aliphatic rings. The average Bonchev–Trinajstić information content (AvgIpc) is 2.96. The van der Waals surface area contributed by atoms with Crippen molar-refractivity contribution in [1.29, 1.82) is 0 Å². The van der Waals surface area contributed by atoms with Crippen LogP contribution >= 0.6 is 0 Å².